The Morgan fingerprint density at radius 2 is 1.95 bits per heavy atom. The van der Waals surface area contributed by atoms with Crippen LogP contribution in [0.2, 0.25) is 0 Å². The van der Waals surface area contributed by atoms with Crippen molar-refractivity contribution < 1.29 is 9.59 Å². The second-order valence-electron chi connectivity index (χ2n) is 6.50. The molecular weight excluding hydrogens is 254 g/mol. The van der Waals surface area contributed by atoms with Crippen molar-refractivity contribution in [2.75, 3.05) is 13.1 Å². The number of amides is 2. The monoisotopic (exact) mass is 281 g/mol. The summed E-state index contributed by atoms with van der Waals surface area (Å²) in [6.07, 6.45) is 4.20. The van der Waals surface area contributed by atoms with Crippen LogP contribution >= 0.6 is 0 Å². The summed E-state index contributed by atoms with van der Waals surface area (Å²) in [4.78, 5) is 28.0. The summed E-state index contributed by atoms with van der Waals surface area (Å²) in [5, 5.41) is 0. The van der Waals surface area contributed by atoms with Crippen molar-refractivity contribution in [2.24, 2.45) is 11.7 Å². The summed E-state index contributed by atoms with van der Waals surface area (Å²) in [6, 6.07) is 0.128. The van der Waals surface area contributed by atoms with Crippen LogP contribution in [-0.4, -0.2) is 52.8 Å². The topological polar surface area (TPSA) is 66.6 Å². The van der Waals surface area contributed by atoms with Crippen molar-refractivity contribution >= 4 is 11.8 Å². The van der Waals surface area contributed by atoms with Gasteiger partial charge in [-0.2, -0.15) is 0 Å². The van der Waals surface area contributed by atoms with E-state index in [9.17, 15) is 9.59 Å². The predicted octanol–water partition coefficient (Wildman–Crippen LogP) is 0.972. The maximum Gasteiger partial charge on any atom is 0.240 e. The standard InChI is InChI=1S/C15H27N3O2/c1-10(2)14(16)15(20)17-8-4-5-13(17)9-18(11(3)19)12-6-7-12/h10,12-14H,4-9,16H2,1-3H3/t13?,14-/m0/s1. The number of likely N-dealkylation sites (tertiary alicyclic amines) is 1. The molecule has 1 saturated carbocycles. The largest absolute Gasteiger partial charge is 0.338 e. The lowest BCUT2D eigenvalue weighted by atomic mass is 10.0. The van der Waals surface area contributed by atoms with Crippen LogP contribution < -0.4 is 5.73 Å². The molecule has 5 nitrogen and oxygen atoms in total. The lowest BCUT2D eigenvalue weighted by Gasteiger charge is -2.32. The second kappa shape index (κ2) is 6.12. The van der Waals surface area contributed by atoms with Crippen LogP contribution in [0.5, 0.6) is 0 Å². The molecule has 20 heavy (non-hydrogen) atoms. The van der Waals surface area contributed by atoms with Crippen molar-refractivity contribution in [1.29, 1.82) is 0 Å². The van der Waals surface area contributed by atoms with E-state index in [1.54, 1.807) is 6.92 Å². The molecule has 0 bridgehead atoms. The zero-order valence-electron chi connectivity index (χ0n) is 12.8. The number of nitrogens with two attached hydrogens (primary N) is 1. The van der Waals surface area contributed by atoms with Gasteiger partial charge in [-0.05, 0) is 31.6 Å². The Hall–Kier alpha value is -1.10. The third-order valence-electron chi connectivity index (χ3n) is 4.46. The Balaban J connectivity index is 1.99. The maximum atomic E-state index is 12.4. The van der Waals surface area contributed by atoms with Gasteiger partial charge in [0.1, 0.15) is 0 Å². The van der Waals surface area contributed by atoms with Gasteiger partial charge in [0.25, 0.3) is 0 Å². The molecule has 0 aromatic heterocycles. The van der Waals surface area contributed by atoms with Crippen molar-refractivity contribution in [3.8, 4) is 0 Å². The molecule has 114 valence electrons. The normalized spacial score (nSPS) is 24.1. The predicted molar refractivity (Wildman–Crippen MR) is 78.0 cm³/mol. The second-order valence-corrected chi connectivity index (χ2v) is 6.50. The smallest absolute Gasteiger partial charge is 0.240 e. The third kappa shape index (κ3) is 3.32. The maximum absolute atomic E-state index is 12.4. The van der Waals surface area contributed by atoms with Crippen LogP contribution in [0.4, 0.5) is 0 Å². The molecule has 1 unspecified atom stereocenters. The molecular formula is C15H27N3O2. The summed E-state index contributed by atoms with van der Waals surface area (Å²) in [7, 11) is 0. The van der Waals surface area contributed by atoms with E-state index in [0.29, 0.717) is 12.6 Å². The third-order valence-corrected chi connectivity index (χ3v) is 4.46. The molecule has 2 fully saturated rings. The number of rotatable bonds is 5. The van der Waals surface area contributed by atoms with Gasteiger partial charge in [0.2, 0.25) is 11.8 Å². The highest BCUT2D eigenvalue weighted by atomic mass is 16.2. The molecule has 2 rings (SSSR count). The van der Waals surface area contributed by atoms with Gasteiger partial charge in [0.15, 0.2) is 0 Å². The van der Waals surface area contributed by atoms with E-state index in [1.165, 1.54) is 0 Å². The van der Waals surface area contributed by atoms with Crippen LogP contribution in [0.1, 0.15) is 46.5 Å². The highest BCUT2D eigenvalue weighted by Gasteiger charge is 2.37. The molecule has 2 N–H and O–H groups in total. The van der Waals surface area contributed by atoms with Crippen molar-refractivity contribution in [1.82, 2.24) is 9.80 Å². The van der Waals surface area contributed by atoms with Gasteiger partial charge >= 0.3 is 0 Å². The summed E-state index contributed by atoms with van der Waals surface area (Å²) in [5.41, 5.74) is 5.99. The number of carbonyl (C=O) groups is 2. The first-order chi connectivity index (χ1) is 9.41. The van der Waals surface area contributed by atoms with Crippen molar-refractivity contribution in [3.05, 3.63) is 0 Å². The lowest BCUT2D eigenvalue weighted by molar-refractivity contribution is -0.137. The molecule has 0 aromatic rings. The highest BCUT2D eigenvalue weighted by Crippen LogP contribution is 2.29. The van der Waals surface area contributed by atoms with Crippen LogP contribution in [0.3, 0.4) is 0 Å². The Kier molecular flexibility index (Phi) is 4.68. The molecule has 1 heterocycles. The number of hydrogen-bond donors (Lipinski definition) is 1. The first-order valence-corrected chi connectivity index (χ1v) is 7.75. The van der Waals surface area contributed by atoms with E-state index in [2.05, 4.69) is 0 Å². The fraction of sp³-hybridized carbons (Fsp3) is 0.867. The minimum Gasteiger partial charge on any atom is -0.338 e. The number of hydrogen-bond acceptors (Lipinski definition) is 3. The van der Waals surface area contributed by atoms with E-state index in [4.69, 9.17) is 5.73 Å². The van der Waals surface area contributed by atoms with Gasteiger partial charge < -0.3 is 15.5 Å². The Labute approximate surface area is 121 Å². The zero-order valence-corrected chi connectivity index (χ0v) is 12.8. The summed E-state index contributed by atoms with van der Waals surface area (Å²) < 4.78 is 0. The van der Waals surface area contributed by atoms with E-state index >= 15 is 0 Å². The van der Waals surface area contributed by atoms with Gasteiger partial charge in [-0.3, -0.25) is 9.59 Å². The molecule has 5 heteroatoms. The molecule has 1 aliphatic carbocycles. The fourth-order valence-corrected chi connectivity index (χ4v) is 2.94. The summed E-state index contributed by atoms with van der Waals surface area (Å²) in [5.74, 6) is 0.317. The zero-order chi connectivity index (χ0) is 14.9. The Morgan fingerprint density at radius 1 is 1.30 bits per heavy atom. The van der Waals surface area contributed by atoms with E-state index in [-0.39, 0.29) is 23.8 Å². The number of nitrogens with zero attached hydrogens (tertiary/aromatic N) is 2. The molecule has 0 spiro atoms. The molecule has 2 atom stereocenters. The van der Waals surface area contributed by atoms with Crippen LogP contribution in [0, 0.1) is 5.92 Å². The summed E-state index contributed by atoms with van der Waals surface area (Å²) in [6.45, 7) is 7.02. The van der Waals surface area contributed by atoms with E-state index < -0.39 is 6.04 Å². The molecule has 1 aliphatic heterocycles. The van der Waals surface area contributed by atoms with E-state index in [1.807, 2.05) is 23.6 Å². The van der Waals surface area contributed by atoms with Crippen LogP contribution in [0.25, 0.3) is 0 Å². The van der Waals surface area contributed by atoms with E-state index in [0.717, 1.165) is 32.2 Å². The quantitative estimate of drug-likeness (QED) is 0.816. The first-order valence-electron chi connectivity index (χ1n) is 7.75. The van der Waals surface area contributed by atoms with Crippen molar-refractivity contribution in [2.45, 2.75) is 64.6 Å². The molecule has 1 saturated heterocycles. The number of carbonyl (C=O) groups excluding carboxylic acids is 2. The van der Waals surface area contributed by atoms with Gasteiger partial charge in [-0.1, -0.05) is 13.8 Å². The Morgan fingerprint density at radius 3 is 2.45 bits per heavy atom. The van der Waals surface area contributed by atoms with Gasteiger partial charge in [0, 0.05) is 32.1 Å². The van der Waals surface area contributed by atoms with Gasteiger partial charge in [-0.25, -0.2) is 0 Å². The highest BCUT2D eigenvalue weighted by molar-refractivity contribution is 5.82. The molecule has 2 aliphatic rings. The fourth-order valence-electron chi connectivity index (χ4n) is 2.94. The van der Waals surface area contributed by atoms with Gasteiger partial charge in [0.05, 0.1) is 6.04 Å². The average molecular weight is 281 g/mol. The van der Waals surface area contributed by atoms with Crippen LogP contribution in [-0.2, 0) is 9.59 Å². The Bertz CT molecular complexity index is 379. The molecule has 0 aromatic carbocycles. The van der Waals surface area contributed by atoms with Gasteiger partial charge in [-0.15, -0.1) is 0 Å². The lowest BCUT2D eigenvalue weighted by Crippen LogP contribution is -2.51. The van der Waals surface area contributed by atoms with Crippen molar-refractivity contribution in [3.63, 3.8) is 0 Å². The minimum absolute atomic E-state index is 0.0433. The molecule has 0 radical (unpaired) electrons. The SMILES string of the molecule is CC(=O)N(CC1CCCN1C(=O)[C@@H](N)C(C)C)C1CC1. The minimum atomic E-state index is -0.428. The first kappa shape index (κ1) is 15.3. The average Bonchev–Trinajstić information content (AvgIpc) is 3.12. The van der Waals surface area contributed by atoms with Crippen LogP contribution in [0.15, 0.2) is 0 Å². The summed E-state index contributed by atoms with van der Waals surface area (Å²) >= 11 is 0. The molecule has 2 amide bonds.